The molecule has 0 heterocycles. The van der Waals surface area contributed by atoms with Gasteiger partial charge in [0.2, 0.25) is 5.91 Å². The Morgan fingerprint density at radius 1 is 1.42 bits per heavy atom. The largest absolute Gasteiger partial charge is 0.392 e. The van der Waals surface area contributed by atoms with Crippen LogP contribution in [0.15, 0.2) is 23.8 Å². The maximum absolute atomic E-state index is 11.6. The summed E-state index contributed by atoms with van der Waals surface area (Å²) < 4.78 is 0. The molecule has 5 atom stereocenters. The van der Waals surface area contributed by atoms with Gasteiger partial charge in [-0.2, -0.15) is 0 Å². The van der Waals surface area contributed by atoms with Gasteiger partial charge in [-0.1, -0.05) is 30.7 Å². The van der Waals surface area contributed by atoms with Gasteiger partial charge in [0.05, 0.1) is 12.2 Å². The highest BCUT2D eigenvalue weighted by atomic mass is 16.3. The lowest BCUT2D eigenvalue weighted by Crippen LogP contribution is -2.21. The van der Waals surface area contributed by atoms with Crippen LogP contribution in [0.1, 0.15) is 51.9 Å². The van der Waals surface area contributed by atoms with E-state index >= 15 is 0 Å². The molecule has 1 amide bonds. The molecule has 4 nitrogen and oxygen atoms in total. The zero-order valence-corrected chi connectivity index (χ0v) is 15.3. The fourth-order valence-electron chi connectivity index (χ4n) is 4.04. The minimum atomic E-state index is -0.403. The summed E-state index contributed by atoms with van der Waals surface area (Å²) in [5, 5.41) is 20.0. The summed E-state index contributed by atoms with van der Waals surface area (Å²) in [6, 6.07) is 0. The number of rotatable bonds is 8. The number of hydrogen-bond acceptors (Lipinski definition) is 3. The highest BCUT2D eigenvalue weighted by Gasteiger charge is 2.43. The van der Waals surface area contributed by atoms with Gasteiger partial charge in [-0.05, 0) is 50.4 Å². The highest BCUT2D eigenvalue weighted by Crippen LogP contribution is 2.48. The first-order chi connectivity index (χ1) is 11.4. The monoisotopic (exact) mass is 335 g/mol. The Morgan fingerprint density at radius 3 is 2.83 bits per heavy atom. The van der Waals surface area contributed by atoms with E-state index in [1.54, 1.807) is 19.0 Å². The molecule has 0 aliphatic heterocycles. The molecule has 2 N–H and O–H groups in total. The van der Waals surface area contributed by atoms with E-state index in [1.807, 2.05) is 19.1 Å². The van der Waals surface area contributed by atoms with Crippen molar-refractivity contribution in [2.75, 3.05) is 14.1 Å². The minimum absolute atomic E-state index is 0.167. The van der Waals surface area contributed by atoms with Crippen molar-refractivity contribution in [3.8, 4) is 0 Å². The molecular weight excluding hydrogens is 302 g/mol. The Balaban J connectivity index is 1.79. The molecule has 0 bridgehead atoms. The van der Waals surface area contributed by atoms with Crippen LogP contribution in [0.4, 0.5) is 0 Å². The predicted octanol–water partition coefficient (Wildman–Crippen LogP) is 2.91. The molecule has 2 aliphatic carbocycles. The summed E-state index contributed by atoms with van der Waals surface area (Å²) in [7, 11) is 3.61. The molecule has 2 rings (SSSR count). The fourth-order valence-corrected chi connectivity index (χ4v) is 4.04. The normalized spacial score (nSPS) is 30.5. The van der Waals surface area contributed by atoms with E-state index in [2.05, 4.69) is 6.08 Å². The number of carbonyl (C=O) groups excluding carboxylic acids is 1. The predicted molar refractivity (Wildman–Crippen MR) is 96.4 cm³/mol. The van der Waals surface area contributed by atoms with Gasteiger partial charge >= 0.3 is 0 Å². The fraction of sp³-hybridized carbons (Fsp3) is 0.750. The first kappa shape index (κ1) is 19.2. The van der Waals surface area contributed by atoms with Crippen molar-refractivity contribution >= 4 is 5.91 Å². The number of carbonyl (C=O) groups is 1. The Kier molecular flexibility index (Phi) is 7.05. The molecule has 0 aromatic rings. The van der Waals surface area contributed by atoms with Crippen molar-refractivity contribution in [1.29, 1.82) is 0 Å². The number of aliphatic hydroxyl groups excluding tert-OH is 2. The molecule has 0 saturated heterocycles. The molecule has 0 radical (unpaired) electrons. The van der Waals surface area contributed by atoms with Crippen LogP contribution in [0.25, 0.3) is 0 Å². The second kappa shape index (κ2) is 8.82. The van der Waals surface area contributed by atoms with E-state index < -0.39 is 6.10 Å². The molecule has 1 fully saturated rings. The van der Waals surface area contributed by atoms with Crippen LogP contribution in [0, 0.1) is 17.8 Å². The summed E-state index contributed by atoms with van der Waals surface area (Å²) in [4.78, 5) is 13.2. The van der Waals surface area contributed by atoms with E-state index in [0.717, 1.165) is 32.1 Å². The minimum Gasteiger partial charge on any atom is -0.392 e. The Hall–Kier alpha value is -1.13. The third kappa shape index (κ3) is 4.93. The molecule has 1 saturated carbocycles. The van der Waals surface area contributed by atoms with Crippen LogP contribution < -0.4 is 0 Å². The van der Waals surface area contributed by atoms with E-state index in [4.69, 9.17) is 0 Å². The molecule has 0 aromatic carbocycles. The zero-order valence-electron chi connectivity index (χ0n) is 15.3. The summed E-state index contributed by atoms with van der Waals surface area (Å²) in [5.41, 5.74) is 1.49. The van der Waals surface area contributed by atoms with Crippen molar-refractivity contribution < 1.29 is 15.0 Å². The quantitative estimate of drug-likeness (QED) is 0.530. The van der Waals surface area contributed by atoms with Gasteiger partial charge in [-0.15, -0.1) is 0 Å². The Bertz CT molecular complexity index is 483. The van der Waals surface area contributed by atoms with E-state index in [-0.39, 0.29) is 17.9 Å². The SMILES string of the molecule is CC[C@H](O)C=C[C@@H]1[C@H]2CC(CCCCC(=O)N(C)C)=C[C@H]2C[C@H]1O. The average molecular weight is 335 g/mol. The molecule has 2 aliphatic rings. The lowest BCUT2D eigenvalue weighted by molar-refractivity contribution is -0.128. The van der Waals surface area contributed by atoms with Gasteiger partial charge < -0.3 is 15.1 Å². The lowest BCUT2D eigenvalue weighted by atomic mass is 9.88. The number of fused-ring (bicyclic) bond motifs is 1. The first-order valence-corrected chi connectivity index (χ1v) is 9.36. The Morgan fingerprint density at radius 2 is 2.17 bits per heavy atom. The van der Waals surface area contributed by atoms with Crippen molar-refractivity contribution in [2.45, 2.75) is 64.1 Å². The lowest BCUT2D eigenvalue weighted by Gasteiger charge is -2.18. The first-order valence-electron chi connectivity index (χ1n) is 9.36. The number of unbranched alkanes of at least 4 members (excludes halogenated alkanes) is 1. The van der Waals surface area contributed by atoms with Gasteiger partial charge in [0, 0.05) is 26.4 Å². The van der Waals surface area contributed by atoms with E-state index in [1.165, 1.54) is 5.57 Å². The van der Waals surface area contributed by atoms with Crippen molar-refractivity contribution in [2.24, 2.45) is 17.8 Å². The molecule has 4 heteroatoms. The maximum atomic E-state index is 11.6. The maximum Gasteiger partial charge on any atom is 0.222 e. The van der Waals surface area contributed by atoms with Crippen molar-refractivity contribution in [3.63, 3.8) is 0 Å². The summed E-state index contributed by atoms with van der Waals surface area (Å²) in [6.45, 7) is 1.96. The zero-order chi connectivity index (χ0) is 17.7. The van der Waals surface area contributed by atoms with Gasteiger partial charge in [0.15, 0.2) is 0 Å². The number of amides is 1. The third-order valence-corrected chi connectivity index (χ3v) is 5.56. The van der Waals surface area contributed by atoms with Crippen LogP contribution in [0.3, 0.4) is 0 Å². The van der Waals surface area contributed by atoms with Crippen LogP contribution in [-0.4, -0.2) is 47.3 Å². The average Bonchev–Trinajstić information content (AvgIpc) is 3.05. The van der Waals surface area contributed by atoms with Gasteiger partial charge in [0.25, 0.3) is 0 Å². The summed E-state index contributed by atoms with van der Waals surface area (Å²) in [6.07, 6.45) is 11.9. The van der Waals surface area contributed by atoms with Crippen LogP contribution in [0.2, 0.25) is 0 Å². The third-order valence-electron chi connectivity index (χ3n) is 5.56. The number of allylic oxidation sites excluding steroid dienone is 2. The summed E-state index contributed by atoms with van der Waals surface area (Å²) in [5.74, 6) is 1.33. The number of aliphatic hydroxyl groups is 2. The van der Waals surface area contributed by atoms with Gasteiger partial charge in [-0.3, -0.25) is 4.79 Å². The van der Waals surface area contributed by atoms with E-state index in [9.17, 15) is 15.0 Å². The smallest absolute Gasteiger partial charge is 0.222 e. The second-order valence-electron chi connectivity index (χ2n) is 7.59. The molecule has 136 valence electrons. The second-order valence-corrected chi connectivity index (χ2v) is 7.59. The van der Waals surface area contributed by atoms with Crippen molar-refractivity contribution in [1.82, 2.24) is 4.90 Å². The number of hydrogen-bond donors (Lipinski definition) is 2. The molecule has 0 aromatic heterocycles. The van der Waals surface area contributed by atoms with Crippen LogP contribution in [0.5, 0.6) is 0 Å². The van der Waals surface area contributed by atoms with Crippen LogP contribution >= 0.6 is 0 Å². The highest BCUT2D eigenvalue weighted by molar-refractivity contribution is 5.75. The molecule has 0 spiro atoms. The van der Waals surface area contributed by atoms with Gasteiger partial charge in [0.1, 0.15) is 0 Å². The molecule has 24 heavy (non-hydrogen) atoms. The number of nitrogens with zero attached hydrogens (tertiary/aromatic N) is 1. The van der Waals surface area contributed by atoms with Crippen LogP contribution in [-0.2, 0) is 4.79 Å². The summed E-state index contributed by atoms with van der Waals surface area (Å²) >= 11 is 0. The standard InChI is InChI=1S/C20H33NO3/c1-4-16(22)9-10-17-18-12-14(11-15(18)13-19(17)23)7-5-6-8-20(24)21(2)3/h9-11,15-19,22-23H,4-8,12-13H2,1-3H3/t15-,16-,17+,18-,19+/m0/s1. The Labute approximate surface area is 146 Å². The van der Waals surface area contributed by atoms with E-state index in [0.29, 0.717) is 24.7 Å². The van der Waals surface area contributed by atoms with Crippen molar-refractivity contribution in [3.05, 3.63) is 23.8 Å². The topological polar surface area (TPSA) is 60.8 Å². The molecular formula is C20H33NO3. The molecule has 0 unspecified atom stereocenters. The van der Waals surface area contributed by atoms with Gasteiger partial charge in [-0.25, -0.2) is 0 Å².